The number of alkyl halides is 1. The van der Waals surface area contributed by atoms with Gasteiger partial charge in [-0.1, -0.05) is 67.2 Å². The Morgan fingerprint density at radius 1 is 1.00 bits per heavy atom. The van der Waals surface area contributed by atoms with Crippen LogP contribution in [-0.4, -0.2) is 0 Å². The van der Waals surface area contributed by atoms with Crippen LogP contribution in [0.3, 0.4) is 0 Å². The topological polar surface area (TPSA) is 0 Å². The standard InChI is InChI=1S/C13H8Br2Cl2/c14-9-3-1-2-8(6-9)13(15)11-7-10(16)4-5-12(11)17/h1-7,13H. The van der Waals surface area contributed by atoms with Crippen LogP contribution in [0.1, 0.15) is 16.0 Å². The lowest BCUT2D eigenvalue weighted by atomic mass is 10.1. The zero-order valence-electron chi connectivity index (χ0n) is 8.63. The SMILES string of the molecule is Clc1ccc(Cl)c(C(Br)c2cccc(Br)c2)c1. The molecule has 0 fully saturated rings. The van der Waals surface area contributed by atoms with E-state index in [4.69, 9.17) is 23.2 Å². The lowest BCUT2D eigenvalue weighted by Gasteiger charge is -2.13. The van der Waals surface area contributed by atoms with Crippen molar-refractivity contribution in [3.63, 3.8) is 0 Å². The van der Waals surface area contributed by atoms with Gasteiger partial charge in [0.15, 0.2) is 0 Å². The second-order valence-corrected chi connectivity index (χ2v) is 6.26. The third-order valence-corrected chi connectivity index (χ3v) is 4.47. The highest BCUT2D eigenvalue weighted by Crippen LogP contribution is 2.37. The van der Waals surface area contributed by atoms with Crippen molar-refractivity contribution in [3.8, 4) is 0 Å². The first kappa shape index (κ1) is 13.4. The van der Waals surface area contributed by atoms with Crippen LogP contribution in [0.5, 0.6) is 0 Å². The van der Waals surface area contributed by atoms with E-state index in [1.54, 1.807) is 6.07 Å². The lowest BCUT2D eigenvalue weighted by molar-refractivity contribution is 1.17. The third kappa shape index (κ3) is 3.25. The quantitative estimate of drug-likeness (QED) is 0.529. The molecule has 0 saturated heterocycles. The average Bonchev–Trinajstić information content (AvgIpc) is 2.31. The molecule has 2 rings (SSSR count). The Labute approximate surface area is 127 Å². The van der Waals surface area contributed by atoms with Crippen molar-refractivity contribution in [3.05, 3.63) is 68.1 Å². The van der Waals surface area contributed by atoms with Crippen molar-refractivity contribution in [1.82, 2.24) is 0 Å². The Morgan fingerprint density at radius 2 is 1.76 bits per heavy atom. The van der Waals surface area contributed by atoms with Crippen molar-refractivity contribution in [2.75, 3.05) is 0 Å². The molecule has 0 aromatic heterocycles. The highest BCUT2D eigenvalue weighted by molar-refractivity contribution is 9.10. The van der Waals surface area contributed by atoms with Crippen molar-refractivity contribution in [1.29, 1.82) is 0 Å². The van der Waals surface area contributed by atoms with Crippen LogP contribution in [0.4, 0.5) is 0 Å². The Kier molecular flexibility index (Phi) is 4.53. The van der Waals surface area contributed by atoms with Crippen LogP contribution in [0, 0.1) is 0 Å². The van der Waals surface area contributed by atoms with Gasteiger partial charge in [-0.15, -0.1) is 0 Å². The summed E-state index contributed by atoms with van der Waals surface area (Å²) >= 11 is 19.3. The molecule has 0 bridgehead atoms. The van der Waals surface area contributed by atoms with Crippen LogP contribution in [0.15, 0.2) is 46.9 Å². The average molecular weight is 395 g/mol. The first-order chi connectivity index (χ1) is 8.08. The normalized spacial score (nSPS) is 12.5. The zero-order chi connectivity index (χ0) is 12.4. The molecule has 2 aromatic carbocycles. The molecule has 17 heavy (non-hydrogen) atoms. The smallest absolute Gasteiger partial charge is 0.0660 e. The fraction of sp³-hybridized carbons (Fsp3) is 0.0769. The summed E-state index contributed by atoms with van der Waals surface area (Å²) in [6, 6.07) is 13.6. The van der Waals surface area contributed by atoms with Crippen molar-refractivity contribution >= 4 is 55.1 Å². The minimum Gasteiger partial charge on any atom is -0.0843 e. The van der Waals surface area contributed by atoms with Gasteiger partial charge in [-0.2, -0.15) is 0 Å². The van der Waals surface area contributed by atoms with Gasteiger partial charge in [-0.3, -0.25) is 0 Å². The number of rotatable bonds is 2. The second kappa shape index (κ2) is 5.75. The summed E-state index contributed by atoms with van der Waals surface area (Å²) in [4.78, 5) is 0.0335. The predicted octanol–water partition coefficient (Wildman–Crippen LogP) is 6.24. The summed E-state index contributed by atoms with van der Waals surface area (Å²) in [7, 11) is 0. The Hall–Kier alpha value is -0.0200. The lowest BCUT2D eigenvalue weighted by Crippen LogP contribution is -1.93. The van der Waals surface area contributed by atoms with Gasteiger partial charge in [0.25, 0.3) is 0 Å². The maximum absolute atomic E-state index is 6.18. The molecular formula is C13H8Br2Cl2. The number of hydrogen-bond acceptors (Lipinski definition) is 0. The Bertz CT molecular complexity index is 541. The first-order valence-electron chi connectivity index (χ1n) is 4.92. The molecule has 0 aliphatic rings. The minimum atomic E-state index is 0.0335. The van der Waals surface area contributed by atoms with Crippen molar-refractivity contribution in [2.45, 2.75) is 4.83 Å². The van der Waals surface area contributed by atoms with Crippen LogP contribution < -0.4 is 0 Å². The van der Waals surface area contributed by atoms with Gasteiger partial charge in [0.2, 0.25) is 0 Å². The van der Waals surface area contributed by atoms with Crippen LogP contribution >= 0.6 is 55.1 Å². The molecule has 2 aromatic rings. The fourth-order valence-corrected chi connectivity index (χ4v) is 3.17. The monoisotopic (exact) mass is 392 g/mol. The summed E-state index contributed by atoms with van der Waals surface area (Å²) in [5.41, 5.74) is 2.10. The molecule has 1 unspecified atom stereocenters. The predicted molar refractivity (Wildman–Crippen MR) is 81.4 cm³/mol. The van der Waals surface area contributed by atoms with E-state index < -0.39 is 0 Å². The van der Waals surface area contributed by atoms with Crippen LogP contribution in [0.25, 0.3) is 0 Å². The molecule has 0 saturated carbocycles. The Balaban J connectivity index is 2.43. The fourth-order valence-electron chi connectivity index (χ4n) is 1.55. The van der Waals surface area contributed by atoms with Gasteiger partial charge < -0.3 is 0 Å². The van der Waals surface area contributed by atoms with E-state index in [0.29, 0.717) is 10.0 Å². The molecule has 0 aliphatic carbocycles. The molecule has 0 N–H and O–H groups in total. The van der Waals surface area contributed by atoms with Gasteiger partial charge in [0, 0.05) is 14.5 Å². The van der Waals surface area contributed by atoms with Crippen LogP contribution in [-0.2, 0) is 0 Å². The van der Waals surface area contributed by atoms with E-state index >= 15 is 0 Å². The van der Waals surface area contributed by atoms with E-state index in [1.165, 1.54) is 0 Å². The molecule has 0 radical (unpaired) electrons. The maximum atomic E-state index is 6.18. The van der Waals surface area contributed by atoms with E-state index in [1.807, 2.05) is 30.3 Å². The molecule has 1 atom stereocenters. The molecule has 0 heterocycles. The van der Waals surface area contributed by atoms with Crippen LogP contribution in [0.2, 0.25) is 10.0 Å². The molecule has 88 valence electrons. The summed E-state index contributed by atoms with van der Waals surface area (Å²) in [6.07, 6.45) is 0. The summed E-state index contributed by atoms with van der Waals surface area (Å²) in [5.74, 6) is 0. The highest BCUT2D eigenvalue weighted by Gasteiger charge is 2.14. The molecule has 0 amide bonds. The summed E-state index contributed by atoms with van der Waals surface area (Å²) in [6.45, 7) is 0. The molecule has 0 nitrogen and oxygen atoms in total. The zero-order valence-corrected chi connectivity index (χ0v) is 13.3. The van der Waals surface area contributed by atoms with E-state index in [2.05, 4.69) is 37.9 Å². The number of halogens is 4. The van der Waals surface area contributed by atoms with Gasteiger partial charge in [-0.25, -0.2) is 0 Å². The van der Waals surface area contributed by atoms with E-state index in [-0.39, 0.29) is 4.83 Å². The molecule has 4 heteroatoms. The van der Waals surface area contributed by atoms with Gasteiger partial charge in [0.1, 0.15) is 0 Å². The molecular weight excluding hydrogens is 387 g/mol. The maximum Gasteiger partial charge on any atom is 0.0660 e. The van der Waals surface area contributed by atoms with Crippen molar-refractivity contribution in [2.24, 2.45) is 0 Å². The molecule has 0 aliphatic heterocycles. The first-order valence-corrected chi connectivity index (χ1v) is 7.39. The van der Waals surface area contributed by atoms with Gasteiger partial charge in [0.05, 0.1) is 4.83 Å². The van der Waals surface area contributed by atoms with E-state index in [9.17, 15) is 0 Å². The number of hydrogen-bond donors (Lipinski definition) is 0. The summed E-state index contributed by atoms with van der Waals surface area (Å²) in [5, 5.41) is 1.39. The number of benzene rings is 2. The minimum absolute atomic E-state index is 0.0335. The largest absolute Gasteiger partial charge is 0.0843 e. The van der Waals surface area contributed by atoms with E-state index in [0.717, 1.165) is 15.6 Å². The Morgan fingerprint density at radius 3 is 2.47 bits per heavy atom. The van der Waals surface area contributed by atoms with Gasteiger partial charge >= 0.3 is 0 Å². The molecule has 0 spiro atoms. The summed E-state index contributed by atoms with van der Waals surface area (Å²) < 4.78 is 1.04. The highest BCUT2D eigenvalue weighted by atomic mass is 79.9. The van der Waals surface area contributed by atoms with Crippen molar-refractivity contribution < 1.29 is 0 Å². The van der Waals surface area contributed by atoms with Gasteiger partial charge in [-0.05, 0) is 41.5 Å². The second-order valence-electron chi connectivity index (χ2n) is 3.58. The third-order valence-electron chi connectivity index (χ3n) is 2.37.